The van der Waals surface area contributed by atoms with Crippen molar-refractivity contribution >= 4 is 39.9 Å². The molecule has 2 N–H and O–H groups in total. The van der Waals surface area contributed by atoms with Crippen LogP contribution in [0.3, 0.4) is 0 Å². The number of hydrogen-bond donors (Lipinski definition) is 2. The third kappa shape index (κ3) is 6.29. The van der Waals surface area contributed by atoms with E-state index in [4.69, 9.17) is 0 Å². The van der Waals surface area contributed by atoms with Gasteiger partial charge in [0.2, 0.25) is 11.8 Å². The normalized spacial score (nSPS) is 16.7. The second-order valence-electron chi connectivity index (χ2n) is 8.40. The van der Waals surface area contributed by atoms with Crippen molar-refractivity contribution in [1.82, 2.24) is 25.0 Å². The zero-order valence-electron chi connectivity index (χ0n) is 19.0. The number of thiazole rings is 1. The number of nitrogens with one attached hydrogen (secondary N) is 2. The lowest BCUT2D eigenvalue weighted by Gasteiger charge is -2.34. The van der Waals surface area contributed by atoms with Crippen LogP contribution in [0.2, 0.25) is 0 Å². The summed E-state index contributed by atoms with van der Waals surface area (Å²) in [6, 6.07) is 6.31. The van der Waals surface area contributed by atoms with Gasteiger partial charge in [-0.25, -0.2) is 9.37 Å². The summed E-state index contributed by atoms with van der Waals surface area (Å²) in [4.78, 5) is 46.6. The molecular weight excluding hydrogens is 459 g/mol. The van der Waals surface area contributed by atoms with Crippen LogP contribution in [0.15, 0.2) is 29.6 Å². The average molecular weight is 489 g/mol. The molecule has 2 saturated heterocycles. The number of rotatable bonds is 9. The van der Waals surface area contributed by atoms with E-state index in [2.05, 4.69) is 15.6 Å². The lowest BCUT2D eigenvalue weighted by atomic mass is 10.3. The van der Waals surface area contributed by atoms with E-state index in [1.807, 2.05) is 9.80 Å². The minimum absolute atomic E-state index is 0.0455. The number of aromatic nitrogens is 1. The summed E-state index contributed by atoms with van der Waals surface area (Å²) in [6.45, 7) is 4.58. The Balaban J connectivity index is 1.16. The predicted molar refractivity (Wildman–Crippen MR) is 128 cm³/mol. The Morgan fingerprint density at radius 3 is 2.65 bits per heavy atom. The van der Waals surface area contributed by atoms with Crippen LogP contribution in [-0.2, 0) is 9.59 Å². The van der Waals surface area contributed by atoms with Gasteiger partial charge in [-0.3, -0.25) is 19.3 Å². The third-order valence-corrected chi connectivity index (χ3v) is 6.72. The maximum absolute atomic E-state index is 13.8. The summed E-state index contributed by atoms with van der Waals surface area (Å²) in [5, 5.41) is 7.95. The second kappa shape index (κ2) is 11.4. The van der Waals surface area contributed by atoms with E-state index in [0.29, 0.717) is 62.2 Å². The molecule has 1 aromatic carbocycles. The van der Waals surface area contributed by atoms with Crippen LogP contribution in [-0.4, -0.2) is 89.8 Å². The first-order chi connectivity index (χ1) is 16.5. The summed E-state index contributed by atoms with van der Waals surface area (Å²) in [5.74, 6) is -0.393. The number of benzene rings is 1. The number of halogens is 1. The topological polar surface area (TPSA) is 97.9 Å². The zero-order chi connectivity index (χ0) is 23.9. The van der Waals surface area contributed by atoms with Crippen molar-refractivity contribution in [2.24, 2.45) is 0 Å². The van der Waals surface area contributed by atoms with Gasteiger partial charge in [0.05, 0.1) is 12.2 Å². The lowest BCUT2D eigenvalue weighted by molar-refractivity contribution is -0.127. The molecule has 11 heteroatoms. The van der Waals surface area contributed by atoms with Gasteiger partial charge in [0.1, 0.15) is 11.5 Å². The summed E-state index contributed by atoms with van der Waals surface area (Å²) < 4.78 is 13.8. The van der Waals surface area contributed by atoms with Crippen LogP contribution in [0.5, 0.6) is 0 Å². The van der Waals surface area contributed by atoms with E-state index in [9.17, 15) is 18.8 Å². The van der Waals surface area contributed by atoms with Crippen molar-refractivity contribution in [3.05, 3.63) is 41.2 Å². The van der Waals surface area contributed by atoms with Crippen molar-refractivity contribution in [3.63, 3.8) is 0 Å². The molecule has 0 unspecified atom stereocenters. The van der Waals surface area contributed by atoms with E-state index in [1.54, 1.807) is 28.5 Å². The molecule has 0 bridgehead atoms. The Kier molecular flexibility index (Phi) is 8.07. The Labute approximate surface area is 201 Å². The van der Waals surface area contributed by atoms with Crippen LogP contribution in [0.1, 0.15) is 29.8 Å². The molecular formula is C23H29FN6O3S. The minimum Gasteiger partial charge on any atom is -0.355 e. The molecule has 1 aromatic heterocycles. The third-order valence-electron chi connectivity index (χ3n) is 5.96. The first kappa shape index (κ1) is 24.1. The maximum Gasteiger partial charge on any atom is 0.273 e. The van der Waals surface area contributed by atoms with Crippen LogP contribution in [0.4, 0.5) is 15.2 Å². The highest BCUT2D eigenvalue weighted by molar-refractivity contribution is 7.14. The zero-order valence-corrected chi connectivity index (χ0v) is 19.8. The Morgan fingerprint density at radius 2 is 1.91 bits per heavy atom. The molecule has 0 radical (unpaired) electrons. The van der Waals surface area contributed by atoms with Crippen LogP contribution in [0, 0.1) is 5.82 Å². The largest absolute Gasteiger partial charge is 0.355 e. The van der Waals surface area contributed by atoms with E-state index < -0.39 is 0 Å². The fraction of sp³-hybridized carbons (Fsp3) is 0.478. The summed E-state index contributed by atoms with van der Waals surface area (Å²) in [7, 11) is 0. The first-order valence-corrected chi connectivity index (χ1v) is 12.4. The Hall–Kier alpha value is -3.05. The fourth-order valence-electron chi connectivity index (χ4n) is 4.08. The summed E-state index contributed by atoms with van der Waals surface area (Å²) in [6.07, 6.45) is 2.31. The quantitative estimate of drug-likeness (QED) is 0.524. The molecule has 34 heavy (non-hydrogen) atoms. The standard InChI is InChI=1S/C23H29FN6O3S/c24-17-5-1-2-6-18(17)26-23-27-19(16-34-23)22(33)30-13-11-28(12-14-30)15-20(31)25-8-4-10-29-9-3-7-21(29)32/h1-2,5-6,16H,3-4,7-15H2,(H,25,31)(H,26,27). The number of piperazine rings is 1. The van der Waals surface area contributed by atoms with Gasteiger partial charge < -0.3 is 20.4 Å². The molecule has 0 atom stereocenters. The number of likely N-dealkylation sites (tertiary alicyclic amines) is 1. The summed E-state index contributed by atoms with van der Waals surface area (Å²) >= 11 is 1.25. The molecule has 4 rings (SSSR count). The highest BCUT2D eigenvalue weighted by Gasteiger charge is 2.25. The van der Waals surface area contributed by atoms with E-state index in [0.717, 1.165) is 19.4 Å². The highest BCUT2D eigenvalue weighted by Crippen LogP contribution is 2.23. The minimum atomic E-state index is -0.382. The van der Waals surface area contributed by atoms with E-state index >= 15 is 0 Å². The van der Waals surface area contributed by atoms with Crippen molar-refractivity contribution in [2.75, 3.05) is 57.7 Å². The molecule has 3 amide bonds. The van der Waals surface area contributed by atoms with Gasteiger partial charge in [0, 0.05) is 57.6 Å². The number of para-hydroxylation sites is 1. The second-order valence-corrected chi connectivity index (χ2v) is 9.26. The Bertz CT molecular complexity index is 1020. The predicted octanol–water partition coefficient (Wildman–Crippen LogP) is 1.91. The van der Waals surface area contributed by atoms with Crippen molar-refractivity contribution in [2.45, 2.75) is 19.3 Å². The number of nitrogens with zero attached hydrogens (tertiary/aromatic N) is 4. The first-order valence-electron chi connectivity index (χ1n) is 11.5. The highest BCUT2D eigenvalue weighted by atomic mass is 32.1. The molecule has 0 aliphatic carbocycles. The van der Waals surface area contributed by atoms with Gasteiger partial charge in [-0.05, 0) is 25.0 Å². The van der Waals surface area contributed by atoms with Crippen LogP contribution < -0.4 is 10.6 Å². The molecule has 182 valence electrons. The lowest BCUT2D eigenvalue weighted by Crippen LogP contribution is -2.51. The molecule has 9 nitrogen and oxygen atoms in total. The van der Waals surface area contributed by atoms with Crippen LogP contribution >= 0.6 is 11.3 Å². The monoisotopic (exact) mass is 488 g/mol. The number of anilines is 2. The van der Waals surface area contributed by atoms with Crippen molar-refractivity contribution in [1.29, 1.82) is 0 Å². The number of amides is 3. The molecule has 2 fully saturated rings. The molecule has 0 spiro atoms. The van der Waals surface area contributed by atoms with Gasteiger partial charge in [-0.15, -0.1) is 11.3 Å². The van der Waals surface area contributed by atoms with Crippen molar-refractivity contribution < 1.29 is 18.8 Å². The SMILES string of the molecule is O=C(CN1CCN(C(=O)c2csc(Nc3ccccc3F)n2)CC1)NCCCN1CCCC1=O. The molecule has 2 aliphatic heterocycles. The molecule has 0 saturated carbocycles. The van der Waals surface area contributed by atoms with Gasteiger partial charge >= 0.3 is 0 Å². The van der Waals surface area contributed by atoms with Gasteiger partial charge in [0.15, 0.2) is 5.13 Å². The molecule has 2 aromatic rings. The fourth-order valence-corrected chi connectivity index (χ4v) is 4.77. The maximum atomic E-state index is 13.8. The van der Waals surface area contributed by atoms with Crippen molar-refractivity contribution in [3.8, 4) is 0 Å². The van der Waals surface area contributed by atoms with E-state index in [1.165, 1.54) is 17.4 Å². The summed E-state index contributed by atoms with van der Waals surface area (Å²) in [5.41, 5.74) is 0.638. The number of carbonyl (C=O) groups excluding carboxylic acids is 3. The number of hydrogen-bond acceptors (Lipinski definition) is 7. The van der Waals surface area contributed by atoms with E-state index in [-0.39, 0.29) is 30.1 Å². The Morgan fingerprint density at radius 1 is 1.12 bits per heavy atom. The van der Waals surface area contributed by atoms with Crippen LogP contribution in [0.25, 0.3) is 0 Å². The van der Waals surface area contributed by atoms with Gasteiger partial charge in [-0.2, -0.15) is 0 Å². The number of carbonyl (C=O) groups is 3. The smallest absolute Gasteiger partial charge is 0.273 e. The van der Waals surface area contributed by atoms with Gasteiger partial charge in [0.25, 0.3) is 5.91 Å². The molecule has 3 heterocycles. The average Bonchev–Trinajstić information content (AvgIpc) is 3.47. The molecule has 2 aliphatic rings. The van der Waals surface area contributed by atoms with Gasteiger partial charge in [-0.1, -0.05) is 12.1 Å².